The van der Waals surface area contributed by atoms with Gasteiger partial charge in [-0.15, -0.1) is 0 Å². The second-order valence-corrected chi connectivity index (χ2v) is 19.5. The second kappa shape index (κ2) is 15.1. The summed E-state index contributed by atoms with van der Waals surface area (Å²) < 4.78 is 9.82. The summed E-state index contributed by atoms with van der Waals surface area (Å²) in [6, 6.07) is 36.9. The predicted molar refractivity (Wildman–Crippen MR) is 266 cm³/mol. The lowest BCUT2D eigenvalue weighted by Gasteiger charge is -2.49. The van der Waals surface area contributed by atoms with Crippen molar-refractivity contribution < 1.29 is 4.42 Å². The predicted octanol–water partition coefficient (Wildman–Crippen LogP) is 16.6. The molecule has 9 aromatic rings. The number of allylic oxidation sites excluding steroid dienone is 6. The highest BCUT2D eigenvalue weighted by atomic mass is 16.3. The second-order valence-electron chi connectivity index (χ2n) is 19.5. The van der Waals surface area contributed by atoms with E-state index in [2.05, 4.69) is 153 Å². The van der Waals surface area contributed by atoms with Crippen molar-refractivity contribution in [1.29, 1.82) is 0 Å². The number of hydrogen-bond acceptors (Lipinski definition) is 2. The zero-order chi connectivity index (χ0) is 42.4. The summed E-state index contributed by atoms with van der Waals surface area (Å²) in [5, 5.41) is 7.57. The number of hydrogen-bond donors (Lipinski definition) is 0. The van der Waals surface area contributed by atoms with Crippen LogP contribution < -0.4 is 0 Å². The molecule has 12 rings (SSSR count). The quantitative estimate of drug-likeness (QED) is 0.122. The molecular weight excluding hydrogens is 765 g/mol. The molecule has 3 nitrogen and oxygen atoms in total. The van der Waals surface area contributed by atoms with Crippen LogP contribution in [0.4, 0.5) is 0 Å². The largest absolute Gasteiger partial charge is 0.455 e. The van der Waals surface area contributed by atoms with Crippen LogP contribution in [0.5, 0.6) is 0 Å². The number of fused-ring (bicyclic) bond motifs is 10. The molecule has 314 valence electrons. The molecule has 0 spiro atoms. The van der Waals surface area contributed by atoms with E-state index in [1.165, 1.54) is 126 Å². The minimum Gasteiger partial charge on any atom is -0.455 e. The van der Waals surface area contributed by atoms with Gasteiger partial charge in [0.1, 0.15) is 11.2 Å². The maximum Gasteiger partial charge on any atom is 0.145 e. The summed E-state index contributed by atoms with van der Waals surface area (Å²) in [7, 11) is 0. The summed E-state index contributed by atoms with van der Waals surface area (Å²) >= 11 is 0. The van der Waals surface area contributed by atoms with Crippen molar-refractivity contribution in [2.75, 3.05) is 0 Å². The summed E-state index contributed by atoms with van der Waals surface area (Å²) in [5.41, 5.74) is 18.0. The Morgan fingerprint density at radius 3 is 2.44 bits per heavy atom. The van der Waals surface area contributed by atoms with E-state index in [1.54, 1.807) is 5.57 Å². The molecule has 0 amide bonds. The van der Waals surface area contributed by atoms with Gasteiger partial charge in [0.15, 0.2) is 0 Å². The van der Waals surface area contributed by atoms with E-state index in [-0.39, 0.29) is 5.41 Å². The Kier molecular flexibility index (Phi) is 9.29. The van der Waals surface area contributed by atoms with Gasteiger partial charge >= 0.3 is 0 Å². The van der Waals surface area contributed by atoms with Crippen LogP contribution in [-0.4, -0.2) is 9.38 Å². The number of nitrogens with zero attached hydrogens (tertiary/aromatic N) is 2. The SMILES string of the molecule is CCC1C(CCCC2CC=CC=C2c2ccccc2C)=CC1(CC)c1cc2c(cc1-c1ccc(C)cn1)c1c3oc4c(CC5CCCC5)cccc4c3cc3c4ccccc4n2c31. The van der Waals surface area contributed by atoms with E-state index in [1.807, 2.05) is 6.20 Å². The van der Waals surface area contributed by atoms with Gasteiger partial charge in [-0.05, 0) is 140 Å². The number of para-hydroxylation sites is 2. The first-order valence-electron chi connectivity index (χ1n) is 24.1. The van der Waals surface area contributed by atoms with Gasteiger partial charge in [-0.2, -0.15) is 0 Å². The van der Waals surface area contributed by atoms with Crippen LogP contribution in [0.25, 0.3) is 76.9 Å². The maximum atomic E-state index is 7.24. The Balaban J connectivity index is 1.02. The smallest absolute Gasteiger partial charge is 0.145 e. The van der Waals surface area contributed by atoms with E-state index in [0.29, 0.717) is 11.8 Å². The minimum absolute atomic E-state index is 0.0819. The van der Waals surface area contributed by atoms with Crippen LogP contribution in [0.2, 0.25) is 0 Å². The Hall–Kier alpha value is -5.93. The molecule has 0 bridgehead atoms. The number of aryl methyl sites for hydroxylation is 2. The van der Waals surface area contributed by atoms with Crippen LogP contribution in [0.15, 0.2) is 138 Å². The molecule has 1 saturated carbocycles. The zero-order valence-electron chi connectivity index (χ0n) is 37.4. The molecule has 4 heterocycles. The third-order valence-corrected chi connectivity index (χ3v) is 16.1. The molecule has 0 aliphatic heterocycles. The highest BCUT2D eigenvalue weighted by molar-refractivity contribution is 6.33. The van der Waals surface area contributed by atoms with Crippen LogP contribution in [-0.2, 0) is 11.8 Å². The number of benzene rings is 5. The highest BCUT2D eigenvalue weighted by Crippen LogP contribution is 2.57. The molecule has 3 atom stereocenters. The maximum absolute atomic E-state index is 7.24. The number of furan rings is 1. The molecule has 5 aromatic carbocycles. The van der Waals surface area contributed by atoms with E-state index in [9.17, 15) is 0 Å². The number of pyridine rings is 1. The lowest BCUT2D eigenvalue weighted by molar-refractivity contribution is 0.293. The third-order valence-electron chi connectivity index (χ3n) is 16.1. The molecular formula is C60H58N2O. The van der Waals surface area contributed by atoms with Gasteiger partial charge in [-0.25, -0.2) is 0 Å². The molecule has 0 saturated heterocycles. The molecule has 3 aliphatic carbocycles. The summed E-state index contributed by atoms with van der Waals surface area (Å²) in [5.74, 6) is 1.79. The van der Waals surface area contributed by atoms with Crippen molar-refractivity contribution in [3.05, 3.63) is 161 Å². The van der Waals surface area contributed by atoms with E-state index in [0.717, 1.165) is 54.9 Å². The van der Waals surface area contributed by atoms with E-state index in [4.69, 9.17) is 9.40 Å². The van der Waals surface area contributed by atoms with Gasteiger partial charge in [-0.1, -0.05) is 136 Å². The third kappa shape index (κ3) is 5.94. The fourth-order valence-electron chi connectivity index (χ4n) is 13.0. The monoisotopic (exact) mass is 822 g/mol. The van der Waals surface area contributed by atoms with Crippen molar-refractivity contribution in [1.82, 2.24) is 9.38 Å². The Morgan fingerprint density at radius 2 is 1.62 bits per heavy atom. The fraction of sp³-hybridized carbons (Fsp3) is 0.317. The zero-order valence-corrected chi connectivity index (χ0v) is 37.4. The van der Waals surface area contributed by atoms with E-state index >= 15 is 0 Å². The lowest BCUT2D eigenvalue weighted by atomic mass is 9.54. The average molecular weight is 823 g/mol. The topological polar surface area (TPSA) is 30.4 Å². The molecule has 1 fully saturated rings. The first kappa shape index (κ1) is 38.7. The molecule has 0 N–H and O–H groups in total. The first-order valence-corrected chi connectivity index (χ1v) is 24.1. The highest BCUT2D eigenvalue weighted by Gasteiger charge is 2.47. The van der Waals surface area contributed by atoms with Gasteiger partial charge in [0, 0.05) is 44.1 Å². The fourth-order valence-corrected chi connectivity index (χ4v) is 13.0. The molecule has 63 heavy (non-hydrogen) atoms. The van der Waals surface area contributed by atoms with Crippen molar-refractivity contribution in [3.8, 4) is 11.3 Å². The Bertz CT molecular complexity index is 3330. The van der Waals surface area contributed by atoms with Gasteiger partial charge in [-0.3, -0.25) is 4.98 Å². The molecule has 3 unspecified atom stereocenters. The van der Waals surface area contributed by atoms with E-state index < -0.39 is 0 Å². The van der Waals surface area contributed by atoms with Gasteiger partial charge < -0.3 is 8.82 Å². The normalized spacial score (nSPS) is 20.6. The number of rotatable bonds is 11. The summed E-state index contributed by atoms with van der Waals surface area (Å²) in [6.45, 7) is 9.24. The summed E-state index contributed by atoms with van der Waals surface area (Å²) in [6.07, 6.45) is 25.1. The number of aromatic nitrogens is 2. The molecule has 0 radical (unpaired) electrons. The van der Waals surface area contributed by atoms with Gasteiger partial charge in [0.05, 0.1) is 27.6 Å². The summed E-state index contributed by atoms with van der Waals surface area (Å²) in [4.78, 5) is 5.18. The molecule has 3 aliphatic rings. The van der Waals surface area contributed by atoms with Crippen molar-refractivity contribution in [2.24, 2.45) is 17.8 Å². The lowest BCUT2D eigenvalue weighted by Crippen LogP contribution is -2.42. The van der Waals surface area contributed by atoms with Crippen LogP contribution in [0.3, 0.4) is 0 Å². The standard InChI is InChI=1S/C60H58N2O/c1-5-51-42(23-15-21-40-20-10-12-25-44(40)43-24-11-7-17-38(43)4)35-60(51,6-2)52-34-55-50(33-49(52)53-30-29-37(3)36-61-53)56-57-47(45-26-13-14-28-54(45)62(55)57)32-48-46-27-16-22-41(58(46)63-59(48)56)31-39-18-8-9-19-39/h7,10-14,16-17,22,24-30,32-36,39-40,51H,5-6,8-9,15,18-21,23,31H2,1-4H3. The van der Waals surface area contributed by atoms with Gasteiger partial charge in [0.2, 0.25) is 0 Å². The van der Waals surface area contributed by atoms with Crippen LogP contribution >= 0.6 is 0 Å². The Morgan fingerprint density at radius 1 is 0.778 bits per heavy atom. The van der Waals surface area contributed by atoms with Crippen LogP contribution in [0, 0.1) is 31.6 Å². The minimum atomic E-state index is -0.0819. The Labute approximate surface area is 371 Å². The average Bonchev–Trinajstić information content (AvgIpc) is 4.10. The van der Waals surface area contributed by atoms with Crippen molar-refractivity contribution >= 4 is 65.6 Å². The van der Waals surface area contributed by atoms with Crippen molar-refractivity contribution in [3.63, 3.8) is 0 Å². The van der Waals surface area contributed by atoms with Crippen molar-refractivity contribution in [2.45, 2.75) is 104 Å². The first-order chi connectivity index (χ1) is 31.0. The molecule has 3 heteroatoms. The molecule has 4 aromatic heterocycles. The van der Waals surface area contributed by atoms with Crippen LogP contribution in [0.1, 0.15) is 106 Å². The van der Waals surface area contributed by atoms with Gasteiger partial charge in [0.25, 0.3) is 0 Å².